The molecule has 0 amide bonds. The lowest BCUT2D eigenvalue weighted by molar-refractivity contribution is -0.137. The summed E-state index contributed by atoms with van der Waals surface area (Å²) < 4.78 is 58.7. The highest BCUT2D eigenvalue weighted by molar-refractivity contribution is 9.09. The molecule has 34 heavy (non-hydrogen) atoms. The normalized spacial score (nSPS) is 19.5. The van der Waals surface area contributed by atoms with Crippen LogP contribution < -0.4 is 15.3 Å². The highest BCUT2D eigenvalue weighted by Gasteiger charge is 2.35. The van der Waals surface area contributed by atoms with Crippen LogP contribution >= 0.6 is 28.1 Å². The number of nitrogens with zero attached hydrogens (tertiary/aromatic N) is 1. The molecule has 3 nitrogen and oxygen atoms in total. The Hall–Kier alpha value is -2.65. The molecule has 2 unspecified atom stereocenters. The number of ether oxygens (including phenoxy) is 1. The van der Waals surface area contributed by atoms with Crippen LogP contribution in [0, 0.1) is 5.82 Å². The topological polar surface area (TPSA) is 28.3 Å². The Morgan fingerprint density at radius 2 is 1.79 bits per heavy atom. The minimum absolute atomic E-state index is 0.168. The summed E-state index contributed by atoms with van der Waals surface area (Å²) in [5.41, 5.74) is 1.96. The Morgan fingerprint density at radius 1 is 1.09 bits per heavy atom. The van der Waals surface area contributed by atoms with Crippen LogP contribution in [-0.4, -0.2) is 26.4 Å². The largest absolute Gasteiger partial charge is 0.432 e. The van der Waals surface area contributed by atoms with Crippen molar-refractivity contribution in [2.75, 3.05) is 6.54 Å². The van der Waals surface area contributed by atoms with E-state index < -0.39 is 23.6 Å². The lowest BCUT2D eigenvalue weighted by Crippen LogP contribution is -2.43. The maximum absolute atomic E-state index is 13.3. The molecular formula is C25H19BrF4N2OS. The zero-order chi connectivity index (χ0) is 24.0. The van der Waals surface area contributed by atoms with E-state index in [9.17, 15) is 17.6 Å². The van der Waals surface area contributed by atoms with Crippen LogP contribution in [0.3, 0.4) is 0 Å². The Bertz CT molecular complexity index is 1350. The molecule has 1 aliphatic carbocycles. The number of H-pyrrole nitrogens is 1. The number of nitrogens with one attached hydrogen (secondary N) is 1. The van der Waals surface area contributed by atoms with Crippen molar-refractivity contribution in [3.8, 4) is 5.75 Å². The van der Waals surface area contributed by atoms with Gasteiger partial charge in [0.1, 0.15) is 11.6 Å². The molecule has 1 N–H and O–H groups in total. The number of thiocarbonyl (C=S) groups is 1. The third kappa shape index (κ3) is 4.38. The summed E-state index contributed by atoms with van der Waals surface area (Å²) >= 11 is 9.25. The van der Waals surface area contributed by atoms with Gasteiger partial charge in [-0.25, -0.2) is 4.39 Å². The first-order chi connectivity index (χ1) is 16.2. The molecule has 1 aromatic heterocycles. The van der Waals surface area contributed by atoms with Gasteiger partial charge >= 0.3 is 6.18 Å². The van der Waals surface area contributed by atoms with E-state index >= 15 is 0 Å². The molecule has 2 atom stereocenters. The zero-order valence-electron chi connectivity index (χ0n) is 17.7. The van der Waals surface area contributed by atoms with E-state index in [1.807, 2.05) is 4.90 Å². The van der Waals surface area contributed by atoms with Crippen molar-refractivity contribution < 1.29 is 22.3 Å². The second-order valence-electron chi connectivity index (χ2n) is 8.25. The van der Waals surface area contributed by atoms with Crippen LogP contribution in [0.2, 0.25) is 0 Å². The molecule has 0 radical (unpaired) electrons. The number of benzene rings is 2. The van der Waals surface area contributed by atoms with Crippen LogP contribution in [0.15, 0.2) is 48.5 Å². The van der Waals surface area contributed by atoms with Crippen molar-refractivity contribution in [2.45, 2.75) is 29.9 Å². The number of hydrogen-bond donors (Lipinski definition) is 1. The third-order valence-corrected chi connectivity index (χ3v) is 7.06. The van der Waals surface area contributed by atoms with E-state index in [4.69, 9.17) is 17.0 Å². The molecule has 3 aromatic rings. The molecule has 0 fully saturated rings. The fourth-order valence-electron chi connectivity index (χ4n) is 4.51. The van der Waals surface area contributed by atoms with E-state index in [0.29, 0.717) is 24.3 Å². The van der Waals surface area contributed by atoms with Crippen molar-refractivity contribution in [1.82, 2.24) is 9.88 Å². The van der Waals surface area contributed by atoms with Crippen LogP contribution in [0.25, 0.3) is 12.2 Å². The molecule has 2 heterocycles. The van der Waals surface area contributed by atoms with Gasteiger partial charge in [0, 0.05) is 22.4 Å². The number of aromatic amines is 1. The summed E-state index contributed by atoms with van der Waals surface area (Å²) in [6, 6.07) is 10.2. The Kier molecular flexibility index (Phi) is 6.02. The molecule has 176 valence electrons. The van der Waals surface area contributed by atoms with Gasteiger partial charge in [-0.15, -0.1) is 0 Å². The van der Waals surface area contributed by atoms with Gasteiger partial charge in [-0.05, 0) is 77.8 Å². The SMILES string of the molecule is Fc1ccc(OC(=S)N2CCc3c([nH]c4c3=CC(Br)CC=4)C2c2ccc(C(F)(F)F)cc2)cc1. The van der Waals surface area contributed by atoms with Crippen molar-refractivity contribution >= 4 is 45.5 Å². The molecule has 1 aliphatic heterocycles. The van der Waals surface area contributed by atoms with E-state index in [0.717, 1.165) is 40.4 Å². The van der Waals surface area contributed by atoms with Crippen molar-refractivity contribution in [1.29, 1.82) is 0 Å². The molecule has 2 aliphatic rings. The first-order valence-corrected chi connectivity index (χ1v) is 12.0. The van der Waals surface area contributed by atoms with Gasteiger partial charge in [-0.3, -0.25) is 0 Å². The lowest BCUT2D eigenvalue weighted by atomic mass is 9.92. The summed E-state index contributed by atoms with van der Waals surface area (Å²) in [4.78, 5) is 5.57. The zero-order valence-corrected chi connectivity index (χ0v) is 20.1. The maximum atomic E-state index is 13.3. The molecular weight excluding hydrogens is 532 g/mol. The molecule has 9 heteroatoms. The number of halogens is 5. The van der Waals surface area contributed by atoms with Gasteiger partial charge in [-0.1, -0.05) is 40.2 Å². The van der Waals surface area contributed by atoms with Gasteiger partial charge in [0.25, 0.3) is 5.17 Å². The molecule has 5 rings (SSSR count). The van der Waals surface area contributed by atoms with Gasteiger partial charge in [0.05, 0.1) is 11.6 Å². The van der Waals surface area contributed by atoms with Gasteiger partial charge < -0.3 is 14.6 Å². The molecule has 2 aromatic carbocycles. The van der Waals surface area contributed by atoms with Gasteiger partial charge in [0.2, 0.25) is 0 Å². The molecule has 0 bridgehead atoms. The van der Waals surface area contributed by atoms with E-state index in [1.165, 1.54) is 36.4 Å². The summed E-state index contributed by atoms with van der Waals surface area (Å²) in [5, 5.41) is 2.29. The quantitative estimate of drug-likeness (QED) is 0.269. The second kappa shape index (κ2) is 8.85. The first-order valence-electron chi connectivity index (χ1n) is 10.7. The highest BCUT2D eigenvalue weighted by atomic mass is 79.9. The summed E-state index contributed by atoms with van der Waals surface area (Å²) in [7, 11) is 0. The Labute approximate surface area is 206 Å². The van der Waals surface area contributed by atoms with Crippen molar-refractivity contribution in [3.05, 3.63) is 87.3 Å². The number of hydrogen-bond acceptors (Lipinski definition) is 2. The van der Waals surface area contributed by atoms with E-state index in [1.54, 1.807) is 0 Å². The standard InChI is InChI=1S/C25H19BrF4N2OS/c26-16-5-10-21-20(13-16)19-11-12-32(24(34)33-18-8-6-17(27)7-9-18)23(22(19)31-21)14-1-3-15(4-2-14)25(28,29)30/h1-4,6-10,13,16,23,31H,5,11-12H2. The average molecular weight is 551 g/mol. The molecule has 0 spiro atoms. The van der Waals surface area contributed by atoms with E-state index in [2.05, 4.69) is 33.1 Å². The smallest absolute Gasteiger partial charge is 0.416 e. The summed E-state index contributed by atoms with van der Waals surface area (Å²) in [5.74, 6) is -0.00369. The van der Waals surface area contributed by atoms with Crippen LogP contribution in [0.5, 0.6) is 5.75 Å². The van der Waals surface area contributed by atoms with Gasteiger partial charge in [-0.2, -0.15) is 13.2 Å². The third-order valence-electron chi connectivity index (χ3n) is 6.10. The Morgan fingerprint density at radius 3 is 2.47 bits per heavy atom. The summed E-state index contributed by atoms with van der Waals surface area (Å²) in [6.45, 7) is 0.518. The molecule has 0 saturated carbocycles. The lowest BCUT2D eigenvalue weighted by Gasteiger charge is -2.37. The highest BCUT2D eigenvalue weighted by Crippen LogP contribution is 2.36. The second-order valence-corrected chi connectivity index (χ2v) is 9.78. The number of aromatic nitrogens is 1. The predicted molar refractivity (Wildman–Crippen MR) is 130 cm³/mol. The summed E-state index contributed by atoms with van der Waals surface area (Å²) in [6.07, 6.45) is 1.39. The monoisotopic (exact) mass is 550 g/mol. The van der Waals surface area contributed by atoms with Crippen LogP contribution in [0.4, 0.5) is 17.6 Å². The number of fused-ring (bicyclic) bond motifs is 3. The van der Waals surface area contributed by atoms with Gasteiger partial charge in [0.15, 0.2) is 0 Å². The fourth-order valence-corrected chi connectivity index (χ4v) is 5.25. The maximum Gasteiger partial charge on any atom is 0.416 e. The molecule has 0 saturated heterocycles. The number of rotatable bonds is 2. The Balaban J connectivity index is 1.57. The predicted octanol–water partition coefficient (Wildman–Crippen LogP) is 5.21. The van der Waals surface area contributed by atoms with Crippen molar-refractivity contribution in [3.63, 3.8) is 0 Å². The van der Waals surface area contributed by atoms with E-state index in [-0.39, 0.29) is 10.0 Å². The minimum atomic E-state index is -4.42. The van der Waals surface area contributed by atoms with Crippen LogP contribution in [0.1, 0.15) is 34.8 Å². The minimum Gasteiger partial charge on any atom is -0.432 e. The number of alkyl halides is 4. The first kappa shape index (κ1) is 23.1. The van der Waals surface area contributed by atoms with Crippen molar-refractivity contribution in [2.24, 2.45) is 0 Å². The van der Waals surface area contributed by atoms with Crippen LogP contribution in [-0.2, 0) is 12.6 Å². The fraction of sp³-hybridized carbons (Fsp3) is 0.240. The average Bonchev–Trinajstić information content (AvgIpc) is 3.17.